The van der Waals surface area contributed by atoms with Crippen molar-refractivity contribution in [2.45, 2.75) is 4.90 Å². The van der Waals surface area contributed by atoms with E-state index in [0.717, 1.165) is 24.7 Å². The van der Waals surface area contributed by atoms with Gasteiger partial charge < -0.3 is 10.2 Å². The van der Waals surface area contributed by atoms with Gasteiger partial charge in [0.2, 0.25) is 5.78 Å². The number of nitrogens with zero attached hydrogens (tertiary/aromatic N) is 3. The van der Waals surface area contributed by atoms with Crippen LogP contribution in [0.3, 0.4) is 0 Å². The minimum Gasteiger partial charge on any atom is -0.507 e. The normalized spacial score (nSPS) is 12.1. The van der Waals surface area contributed by atoms with E-state index >= 15 is 0 Å². The summed E-state index contributed by atoms with van der Waals surface area (Å²) in [6.45, 7) is 0. The highest BCUT2D eigenvalue weighted by molar-refractivity contribution is 7.90. The molecule has 144 valence electrons. The summed E-state index contributed by atoms with van der Waals surface area (Å²) >= 11 is 5.75. The van der Waals surface area contributed by atoms with Crippen LogP contribution in [0.5, 0.6) is 0 Å². The molecule has 0 fully saturated rings. The van der Waals surface area contributed by atoms with Gasteiger partial charge in [-0.2, -0.15) is 5.10 Å². The average Bonchev–Trinajstić information content (AvgIpc) is 3.32. The number of halogens is 1. The number of H-pyrrole nitrogens is 1. The smallest absolute Gasteiger partial charge is 0.353 e. The number of carbonyl (C=O) groups is 2. The van der Waals surface area contributed by atoms with Crippen molar-refractivity contribution in [1.82, 2.24) is 19.2 Å². The summed E-state index contributed by atoms with van der Waals surface area (Å²) in [5.41, 5.74) is -0.820. The van der Waals surface area contributed by atoms with Crippen LogP contribution in [0.15, 0.2) is 53.8 Å². The van der Waals surface area contributed by atoms with Crippen LogP contribution in [0.1, 0.15) is 26.7 Å². The maximum Gasteiger partial charge on any atom is 0.353 e. The highest BCUT2D eigenvalue weighted by Gasteiger charge is 2.25. The molecule has 0 aliphatic rings. The van der Waals surface area contributed by atoms with Crippen LogP contribution in [-0.2, 0) is 10.0 Å². The Labute approximate surface area is 162 Å². The van der Waals surface area contributed by atoms with E-state index in [1.165, 1.54) is 24.3 Å². The molecule has 0 spiro atoms. The van der Waals surface area contributed by atoms with E-state index in [-0.39, 0.29) is 16.3 Å². The lowest BCUT2D eigenvalue weighted by atomic mass is 10.2. The lowest BCUT2D eigenvalue weighted by molar-refractivity contribution is 0.0689. The monoisotopic (exact) mass is 422 g/mol. The molecule has 0 aliphatic carbocycles. The van der Waals surface area contributed by atoms with Crippen molar-refractivity contribution in [1.29, 1.82) is 0 Å². The van der Waals surface area contributed by atoms with Gasteiger partial charge in [-0.1, -0.05) is 11.6 Å². The summed E-state index contributed by atoms with van der Waals surface area (Å²) in [6, 6.07) is 6.03. The van der Waals surface area contributed by atoms with Crippen molar-refractivity contribution < 1.29 is 28.2 Å². The summed E-state index contributed by atoms with van der Waals surface area (Å²) in [7, 11) is -4.29. The largest absolute Gasteiger partial charge is 0.507 e. The Morgan fingerprint density at radius 3 is 2.43 bits per heavy atom. The third-order valence-electron chi connectivity index (χ3n) is 3.59. The van der Waals surface area contributed by atoms with Gasteiger partial charge in [-0.15, -0.1) is 0 Å². The first-order valence-electron chi connectivity index (χ1n) is 7.47. The van der Waals surface area contributed by atoms with Crippen LogP contribution in [-0.4, -0.2) is 49.5 Å². The van der Waals surface area contributed by atoms with Crippen LogP contribution in [0.2, 0.25) is 5.02 Å². The number of benzene rings is 1. The first kappa shape index (κ1) is 19.3. The Kier molecular flexibility index (Phi) is 5.03. The van der Waals surface area contributed by atoms with Crippen LogP contribution >= 0.6 is 11.6 Å². The molecule has 1 aromatic carbocycles. The van der Waals surface area contributed by atoms with Crippen molar-refractivity contribution in [2.24, 2.45) is 0 Å². The van der Waals surface area contributed by atoms with Gasteiger partial charge in [0.05, 0.1) is 4.90 Å². The van der Waals surface area contributed by atoms with E-state index in [9.17, 15) is 28.2 Å². The number of carboxylic acids is 1. The number of rotatable bonds is 6. The molecule has 3 aromatic rings. The fourth-order valence-corrected chi connectivity index (χ4v) is 3.73. The number of nitrogens with one attached hydrogen (secondary N) is 1. The Balaban J connectivity index is 2.06. The van der Waals surface area contributed by atoms with Gasteiger partial charge in [0.1, 0.15) is 17.8 Å². The third-order valence-corrected chi connectivity index (χ3v) is 5.53. The van der Waals surface area contributed by atoms with E-state index in [4.69, 9.17) is 11.6 Å². The topological polar surface area (TPSA) is 155 Å². The zero-order valence-corrected chi connectivity index (χ0v) is 15.3. The molecular formula is C16H11ClN4O6S. The molecule has 28 heavy (non-hydrogen) atoms. The van der Waals surface area contributed by atoms with E-state index in [0.29, 0.717) is 9.00 Å². The molecule has 0 saturated carbocycles. The van der Waals surface area contributed by atoms with Crippen molar-refractivity contribution in [2.75, 3.05) is 0 Å². The van der Waals surface area contributed by atoms with Crippen molar-refractivity contribution in [3.8, 4) is 0 Å². The fourth-order valence-electron chi connectivity index (χ4n) is 2.26. The molecule has 0 unspecified atom stereocenters. The van der Waals surface area contributed by atoms with Gasteiger partial charge in [0, 0.05) is 22.9 Å². The van der Waals surface area contributed by atoms with Gasteiger partial charge >= 0.3 is 5.97 Å². The SMILES string of the molecule is O=C(C=C(O)c1cc(C(=O)O)n(S(=O)(=O)c2ccc(Cl)cc2)c1)c1ncn[nH]1. The predicted octanol–water partition coefficient (Wildman–Crippen LogP) is 1.98. The number of carboxylic acid groups (broad SMARTS) is 1. The minimum atomic E-state index is -4.29. The van der Waals surface area contributed by atoms with Gasteiger partial charge in [0.25, 0.3) is 10.0 Å². The highest BCUT2D eigenvalue weighted by Crippen LogP contribution is 2.23. The fraction of sp³-hybridized carbons (Fsp3) is 0. The number of hydrogen-bond donors (Lipinski definition) is 3. The van der Waals surface area contributed by atoms with E-state index in [1.54, 1.807) is 0 Å². The van der Waals surface area contributed by atoms with Gasteiger partial charge in [-0.3, -0.25) is 9.89 Å². The van der Waals surface area contributed by atoms with Crippen molar-refractivity contribution in [3.63, 3.8) is 0 Å². The molecule has 0 atom stereocenters. The van der Waals surface area contributed by atoms with Gasteiger partial charge in [-0.25, -0.2) is 22.2 Å². The summed E-state index contributed by atoms with van der Waals surface area (Å²) in [4.78, 5) is 26.9. The quantitative estimate of drug-likeness (QED) is 0.309. The number of carbonyl (C=O) groups excluding carboxylic acids is 1. The number of aromatic nitrogens is 4. The summed E-state index contributed by atoms with van der Waals surface area (Å²) < 4.78 is 26.1. The lowest BCUT2D eigenvalue weighted by Gasteiger charge is -2.08. The van der Waals surface area contributed by atoms with E-state index < -0.39 is 33.2 Å². The molecule has 0 amide bonds. The second kappa shape index (κ2) is 7.29. The number of ketones is 1. The van der Waals surface area contributed by atoms with Crippen LogP contribution in [0, 0.1) is 0 Å². The zero-order chi connectivity index (χ0) is 20.5. The predicted molar refractivity (Wildman–Crippen MR) is 96.7 cm³/mol. The Morgan fingerprint density at radius 2 is 1.86 bits per heavy atom. The Morgan fingerprint density at radius 1 is 1.18 bits per heavy atom. The van der Waals surface area contributed by atoms with E-state index in [2.05, 4.69) is 15.2 Å². The highest BCUT2D eigenvalue weighted by atomic mass is 35.5. The minimum absolute atomic E-state index is 0.154. The van der Waals surface area contributed by atoms with Crippen LogP contribution < -0.4 is 0 Å². The molecule has 12 heteroatoms. The molecule has 0 aliphatic heterocycles. The molecule has 0 radical (unpaired) electrons. The first-order chi connectivity index (χ1) is 13.2. The lowest BCUT2D eigenvalue weighted by Crippen LogP contribution is -2.17. The van der Waals surface area contributed by atoms with Crippen LogP contribution in [0.25, 0.3) is 5.76 Å². The average molecular weight is 423 g/mol. The zero-order valence-electron chi connectivity index (χ0n) is 13.8. The van der Waals surface area contributed by atoms with Gasteiger partial charge in [0.15, 0.2) is 5.82 Å². The summed E-state index contributed by atoms with van der Waals surface area (Å²) in [6.07, 6.45) is 2.75. The number of aliphatic hydroxyl groups is 1. The molecule has 0 saturated heterocycles. The number of aliphatic hydroxyl groups excluding tert-OH is 1. The molecule has 2 heterocycles. The maximum atomic E-state index is 12.8. The first-order valence-corrected chi connectivity index (χ1v) is 9.29. The molecule has 0 bridgehead atoms. The van der Waals surface area contributed by atoms with E-state index in [1.807, 2.05) is 0 Å². The molecule has 3 rings (SSSR count). The Hall–Kier alpha value is -3.44. The maximum absolute atomic E-state index is 12.8. The molecule has 3 N–H and O–H groups in total. The standard InChI is InChI=1S/C16H11ClN4O6S/c17-10-1-3-11(4-2-10)28(26,27)21-7-9(5-12(21)16(24)25)13(22)6-14(23)15-18-8-19-20-15/h1-8,22H,(H,24,25)(H,18,19,20). The van der Waals surface area contributed by atoms with Crippen molar-refractivity contribution >= 4 is 39.1 Å². The summed E-state index contributed by atoms with van der Waals surface area (Å²) in [5, 5.41) is 25.6. The second-order valence-electron chi connectivity index (χ2n) is 5.40. The number of aromatic carboxylic acids is 1. The molecular weight excluding hydrogens is 412 g/mol. The summed E-state index contributed by atoms with van der Waals surface area (Å²) in [5.74, 6) is -3.08. The second-order valence-corrected chi connectivity index (χ2v) is 7.65. The molecule has 2 aromatic heterocycles. The number of hydrogen-bond acceptors (Lipinski definition) is 7. The molecule has 10 nitrogen and oxygen atoms in total. The number of aromatic amines is 1. The van der Waals surface area contributed by atoms with Crippen molar-refractivity contribution in [3.05, 3.63) is 71.0 Å². The Bertz CT molecular complexity index is 1180. The number of allylic oxidation sites excluding steroid dienone is 1. The van der Waals surface area contributed by atoms with Gasteiger partial charge in [-0.05, 0) is 30.3 Å². The third kappa shape index (κ3) is 3.66. The van der Waals surface area contributed by atoms with Crippen LogP contribution in [0.4, 0.5) is 0 Å².